The van der Waals surface area contributed by atoms with Gasteiger partial charge in [0.05, 0.1) is 0 Å². The summed E-state index contributed by atoms with van der Waals surface area (Å²) >= 11 is 0. The molecule has 1 aromatic heterocycles. The summed E-state index contributed by atoms with van der Waals surface area (Å²) in [5, 5.41) is 9.84. The number of pyridine rings is 1. The molecule has 0 unspecified atom stereocenters. The zero-order valence-corrected chi connectivity index (χ0v) is 10.1. The summed E-state index contributed by atoms with van der Waals surface area (Å²) in [6.07, 6.45) is 3.41. The van der Waals surface area contributed by atoms with E-state index in [0.29, 0.717) is 11.5 Å². The lowest BCUT2D eigenvalue weighted by Crippen LogP contribution is -2.01. The fourth-order valence-corrected chi connectivity index (χ4v) is 1.68. The summed E-state index contributed by atoms with van der Waals surface area (Å²) < 4.78 is 5.48. The van der Waals surface area contributed by atoms with Crippen molar-refractivity contribution < 1.29 is 9.84 Å². The normalized spacial score (nSPS) is 10.3. The van der Waals surface area contributed by atoms with E-state index < -0.39 is 0 Å². The van der Waals surface area contributed by atoms with Crippen LogP contribution in [0.5, 0.6) is 17.2 Å². The topological polar surface area (TPSA) is 62.3 Å². The van der Waals surface area contributed by atoms with Crippen LogP contribution in [0.4, 0.5) is 0 Å². The molecule has 2 N–H and O–H groups in total. The van der Waals surface area contributed by atoms with E-state index in [4.69, 9.17) is 4.74 Å². The van der Waals surface area contributed by atoms with Crippen LogP contribution in [0.2, 0.25) is 0 Å². The first kappa shape index (κ1) is 12.2. The van der Waals surface area contributed by atoms with E-state index in [2.05, 4.69) is 11.9 Å². The van der Waals surface area contributed by atoms with Crippen molar-refractivity contribution in [3.8, 4) is 17.2 Å². The monoisotopic (exact) mass is 245 g/mol. The van der Waals surface area contributed by atoms with Gasteiger partial charge in [0.1, 0.15) is 5.75 Å². The fraction of sp³-hybridized carbons (Fsp3) is 0.214. The van der Waals surface area contributed by atoms with Gasteiger partial charge in [0, 0.05) is 12.3 Å². The number of phenolic OH excluding ortho intramolecular Hbond substituents is 1. The number of hydrogen-bond donors (Lipinski definition) is 2. The number of H-pyrrole nitrogens is 1. The van der Waals surface area contributed by atoms with Crippen LogP contribution in [0.3, 0.4) is 0 Å². The first-order chi connectivity index (χ1) is 8.69. The maximum absolute atomic E-state index is 10.9. The van der Waals surface area contributed by atoms with Crippen molar-refractivity contribution in [2.45, 2.75) is 19.8 Å². The van der Waals surface area contributed by atoms with E-state index in [1.165, 1.54) is 12.3 Å². The quantitative estimate of drug-likeness (QED) is 0.870. The summed E-state index contributed by atoms with van der Waals surface area (Å²) in [7, 11) is 0. The van der Waals surface area contributed by atoms with Crippen LogP contribution in [0.15, 0.2) is 41.3 Å². The molecular weight excluding hydrogens is 230 g/mol. The molecule has 1 heterocycles. The minimum absolute atomic E-state index is 0.104. The van der Waals surface area contributed by atoms with Crippen molar-refractivity contribution in [1.82, 2.24) is 4.98 Å². The first-order valence-electron chi connectivity index (χ1n) is 5.87. The lowest BCUT2D eigenvalue weighted by atomic mass is 10.1. The number of aromatic hydroxyl groups is 1. The number of aromatic amines is 1. The van der Waals surface area contributed by atoms with Crippen LogP contribution in [0.25, 0.3) is 0 Å². The summed E-state index contributed by atoms with van der Waals surface area (Å²) in [5.74, 6) is 0.960. The Morgan fingerprint density at radius 1 is 1.28 bits per heavy atom. The van der Waals surface area contributed by atoms with Gasteiger partial charge in [-0.05, 0) is 30.2 Å². The van der Waals surface area contributed by atoms with Crippen LogP contribution in [-0.4, -0.2) is 10.1 Å². The second-order valence-electron chi connectivity index (χ2n) is 4.04. The largest absolute Gasteiger partial charge is 0.504 e. The van der Waals surface area contributed by atoms with Crippen LogP contribution in [-0.2, 0) is 6.42 Å². The highest BCUT2D eigenvalue weighted by molar-refractivity contribution is 5.44. The number of rotatable bonds is 4. The molecule has 18 heavy (non-hydrogen) atoms. The first-order valence-corrected chi connectivity index (χ1v) is 5.87. The van der Waals surface area contributed by atoms with Crippen molar-refractivity contribution >= 4 is 0 Å². The summed E-state index contributed by atoms with van der Waals surface area (Å²) in [4.78, 5) is 13.4. The highest BCUT2D eigenvalue weighted by Gasteiger charge is 2.05. The van der Waals surface area contributed by atoms with Crippen molar-refractivity contribution in [2.75, 3.05) is 0 Å². The third kappa shape index (κ3) is 2.91. The van der Waals surface area contributed by atoms with E-state index in [0.717, 1.165) is 18.4 Å². The van der Waals surface area contributed by atoms with E-state index in [9.17, 15) is 9.90 Å². The third-order valence-electron chi connectivity index (χ3n) is 2.55. The molecule has 2 aromatic rings. The molecule has 0 atom stereocenters. The Morgan fingerprint density at radius 3 is 2.72 bits per heavy atom. The zero-order valence-electron chi connectivity index (χ0n) is 10.1. The van der Waals surface area contributed by atoms with Gasteiger partial charge in [-0.15, -0.1) is 0 Å². The Kier molecular flexibility index (Phi) is 3.67. The Balaban J connectivity index is 2.19. The second-order valence-corrected chi connectivity index (χ2v) is 4.04. The van der Waals surface area contributed by atoms with Crippen LogP contribution < -0.4 is 10.3 Å². The predicted octanol–water partition coefficient (Wildman–Crippen LogP) is 2.83. The molecule has 0 fully saturated rings. The van der Waals surface area contributed by atoms with Crippen molar-refractivity contribution in [3.63, 3.8) is 0 Å². The summed E-state index contributed by atoms with van der Waals surface area (Å²) in [6.45, 7) is 2.09. The number of hydrogen-bond acceptors (Lipinski definition) is 3. The smallest absolute Gasteiger partial charge is 0.248 e. The number of aromatic nitrogens is 1. The Bertz CT molecular complexity index is 569. The van der Waals surface area contributed by atoms with Crippen LogP contribution >= 0.6 is 0 Å². The van der Waals surface area contributed by atoms with Crippen LogP contribution in [0.1, 0.15) is 18.9 Å². The molecule has 0 aliphatic carbocycles. The predicted molar refractivity (Wildman–Crippen MR) is 69.2 cm³/mol. The molecule has 0 saturated heterocycles. The Hall–Kier alpha value is -2.23. The Labute approximate surface area is 105 Å². The molecule has 4 nitrogen and oxygen atoms in total. The van der Waals surface area contributed by atoms with Gasteiger partial charge in [-0.25, -0.2) is 0 Å². The number of ether oxygens (including phenoxy) is 1. The standard InChI is InChI=1S/C14H15NO3/c1-2-3-10-4-6-13(12(16)8-10)18-11-5-7-14(17)15-9-11/h4-9,16H,2-3H2,1H3,(H,15,17). The van der Waals surface area contributed by atoms with Crippen LogP contribution in [0, 0.1) is 0 Å². The van der Waals surface area contributed by atoms with E-state index in [-0.39, 0.29) is 11.3 Å². The number of nitrogens with one attached hydrogen (secondary N) is 1. The molecule has 0 aliphatic heterocycles. The van der Waals surface area contributed by atoms with Gasteiger partial charge < -0.3 is 14.8 Å². The third-order valence-corrected chi connectivity index (χ3v) is 2.55. The molecule has 4 heteroatoms. The SMILES string of the molecule is CCCc1ccc(Oc2ccc(=O)[nH]c2)c(O)c1. The number of benzene rings is 1. The van der Waals surface area contributed by atoms with Gasteiger partial charge in [0.25, 0.3) is 0 Å². The zero-order chi connectivity index (χ0) is 13.0. The van der Waals surface area contributed by atoms with Gasteiger partial charge in [-0.1, -0.05) is 19.4 Å². The van der Waals surface area contributed by atoms with E-state index in [1.54, 1.807) is 18.2 Å². The molecular formula is C14H15NO3. The molecule has 0 saturated carbocycles. The van der Waals surface area contributed by atoms with Gasteiger partial charge in [0.15, 0.2) is 11.5 Å². The Morgan fingerprint density at radius 2 is 2.11 bits per heavy atom. The lowest BCUT2D eigenvalue weighted by Gasteiger charge is -2.08. The molecule has 0 aliphatic rings. The average Bonchev–Trinajstić information content (AvgIpc) is 2.36. The minimum Gasteiger partial charge on any atom is -0.504 e. The average molecular weight is 245 g/mol. The molecule has 94 valence electrons. The number of phenols is 1. The van der Waals surface area contributed by atoms with Crippen molar-refractivity contribution in [3.05, 3.63) is 52.4 Å². The van der Waals surface area contributed by atoms with Crippen molar-refractivity contribution in [2.24, 2.45) is 0 Å². The van der Waals surface area contributed by atoms with Gasteiger partial charge in [-0.3, -0.25) is 4.79 Å². The summed E-state index contributed by atoms with van der Waals surface area (Å²) in [5.41, 5.74) is 0.883. The molecule has 0 radical (unpaired) electrons. The highest BCUT2D eigenvalue weighted by Crippen LogP contribution is 2.31. The molecule has 0 bridgehead atoms. The van der Waals surface area contributed by atoms with E-state index in [1.807, 2.05) is 6.07 Å². The molecule has 2 rings (SSSR count). The number of aryl methyl sites for hydroxylation is 1. The minimum atomic E-state index is -0.190. The fourth-order valence-electron chi connectivity index (χ4n) is 1.68. The maximum atomic E-state index is 10.9. The van der Waals surface area contributed by atoms with E-state index >= 15 is 0 Å². The summed E-state index contributed by atoms with van der Waals surface area (Å²) in [6, 6.07) is 8.27. The van der Waals surface area contributed by atoms with Gasteiger partial charge >= 0.3 is 0 Å². The molecule has 1 aromatic carbocycles. The van der Waals surface area contributed by atoms with Gasteiger partial charge in [0.2, 0.25) is 5.56 Å². The highest BCUT2D eigenvalue weighted by atomic mass is 16.5. The van der Waals surface area contributed by atoms with Crippen molar-refractivity contribution in [1.29, 1.82) is 0 Å². The van der Waals surface area contributed by atoms with Gasteiger partial charge in [-0.2, -0.15) is 0 Å². The molecule has 0 spiro atoms. The maximum Gasteiger partial charge on any atom is 0.248 e. The molecule has 0 amide bonds. The second kappa shape index (κ2) is 5.40. The lowest BCUT2D eigenvalue weighted by molar-refractivity contribution is 0.409.